The van der Waals surface area contributed by atoms with Crippen LogP contribution in [0.2, 0.25) is 5.02 Å². The number of benzene rings is 2. The molecule has 0 saturated carbocycles. The first-order chi connectivity index (χ1) is 13.9. The van der Waals surface area contributed by atoms with Gasteiger partial charge in [-0.15, -0.1) is 0 Å². The van der Waals surface area contributed by atoms with Crippen molar-refractivity contribution in [1.29, 1.82) is 0 Å². The Labute approximate surface area is 170 Å². The smallest absolute Gasteiger partial charge is 0.286 e. The summed E-state index contributed by atoms with van der Waals surface area (Å²) in [5.74, 6) is -2.05. The molecule has 2 N–H and O–H groups in total. The van der Waals surface area contributed by atoms with Crippen molar-refractivity contribution >= 4 is 44.1 Å². The van der Waals surface area contributed by atoms with Gasteiger partial charge in [-0.25, -0.2) is 17.5 Å². The molecule has 29 heavy (non-hydrogen) atoms. The number of nitrogens with zero attached hydrogens (tertiary/aromatic N) is 2. The minimum Gasteiger partial charge on any atom is -0.378 e. The van der Waals surface area contributed by atoms with Gasteiger partial charge in [0.1, 0.15) is 10.7 Å². The first kappa shape index (κ1) is 19.6. The largest absolute Gasteiger partial charge is 0.378 e. The number of carbonyl (C=O) groups is 1. The predicted molar refractivity (Wildman–Crippen MR) is 105 cm³/mol. The average molecular weight is 439 g/mol. The van der Waals surface area contributed by atoms with Crippen LogP contribution < -0.4 is 9.62 Å². The molecule has 3 aromatic rings. The van der Waals surface area contributed by atoms with Gasteiger partial charge >= 0.3 is 0 Å². The molecule has 1 fully saturated rings. The molecule has 0 unspecified atom stereocenters. The summed E-state index contributed by atoms with van der Waals surface area (Å²) in [5, 5.41) is 6.78. The number of rotatable bonds is 4. The fourth-order valence-electron chi connectivity index (χ4n) is 3.16. The van der Waals surface area contributed by atoms with Gasteiger partial charge < -0.3 is 9.64 Å². The van der Waals surface area contributed by atoms with E-state index in [9.17, 15) is 17.6 Å². The minimum absolute atomic E-state index is 0.121. The number of anilines is 1. The monoisotopic (exact) mass is 438 g/mol. The number of ether oxygens (including phenoxy) is 1. The Kier molecular flexibility index (Phi) is 5.15. The third-order valence-electron chi connectivity index (χ3n) is 4.55. The number of nitrogens with one attached hydrogen (secondary N) is 2. The van der Waals surface area contributed by atoms with Crippen molar-refractivity contribution < 1.29 is 22.3 Å². The number of fused-ring (bicyclic) bond motifs is 1. The molecule has 8 nitrogen and oxygen atoms in total. The zero-order valence-electron chi connectivity index (χ0n) is 15.0. The molecule has 4 rings (SSSR count). The number of H-pyrrole nitrogens is 1. The van der Waals surface area contributed by atoms with Gasteiger partial charge in [0.15, 0.2) is 5.69 Å². The number of sulfonamides is 1. The molecule has 2 heterocycles. The normalized spacial score (nSPS) is 14.9. The molecule has 1 aliphatic heterocycles. The van der Waals surface area contributed by atoms with Crippen LogP contribution in [-0.4, -0.2) is 50.8 Å². The second-order valence-electron chi connectivity index (χ2n) is 6.39. The molecular weight excluding hydrogens is 423 g/mol. The highest BCUT2D eigenvalue weighted by Crippen LogP contribution is 2.26. The Bertz CT molecular complexity index is 1170. The van der Waals surface area contributed by atoms with E-state index in [1.165, 1.54) is 12.1 Å². The van der Waals surface area contributed by atoms with Crippen molar-refractivity contribution in [3.63, 3.8) is 0 Å². The van der Waals surface area contributed by atoms with Crippen molar-refractivity contribution in [3.8, 4) is 0 Å². The lowest BCUT2D eigenvalue weighted by molar-refractivity contribution is 0.0978. The number of carbonyl (C=O) groups excluding carboxylic acids is 1. The summed E-state index contributed by atoms with van der Waals surface area (Å²) in [4.78, 5) is 13.9. The molecule has 0 radical (unpaired) electrons. The first-order valence-electron chi connectivity index (χ1n) is 8.69. The van der Waals surface area contributed by atoms with Gasteiger partial charge in [-0.05, 0) is 30.3 Å². The van der Waals surface area contributed by atoms with E-state index in [4.69, 9.17) is 16.3 Å². The number of halogens is 2. The number of aromatic nitrogens is 2. The molecule has 1 amide bonds. The summed E-state index contributed by atoms with van der Waals surface area (Å²) in [6.07, 6.45) is 0. The molecule has 0 bridgehead atoms. The Balaban J connectivity index is 1.62. The Morgan fingerprint density at radius 1 is 1.24 bits per heavy atom. The van der Waals surface area contributed by atoms with Gasteiger partial charge in [-0.1, -0.05) is 17.7 Å². The molecule has 1 aromatic heterocycles. The Morgan fingerprint density at radius 3 is 2.72 bits per heavy atom. The molecule has 1 aliphatic rings. The average Bonchev–Trinajstić information content (AvgIpc) is 3.11. The van der Waals surface area contributed by atoms with Crippen LogP contribution in [0.4, 0.5) is 10.1 Å². The molecule has 0 atom stereocenters. The van der Waals surface area contributed by atoms with Crippen LogP contribution in [-0.2, 0) is 14.8 Å². The zero-order chi connectivity index (χ0) is 20.6. The van der Waals surface area contributed by atoms with E-state index in [1.54, 1.807) is 6.07 Å². The highest BCUT2D eigenvalue weighted by molar-refractivity contribution is 7.90. The number of hydrogen-bond donors (Lipinski definition) is 2. The molecule has 0 aliphatic carbocycles. The minimum atomic E-state index is -4.52. The van der Waals surface area contributed by atoms with Crippen LogP contribution >= 0.6 is 11.6 Å². The molecule has 1 saturated heterocycles. The van der Waals surface area contributed by atoms with Crippen LogP contribution in [0.15, 0.2) is 41.3 Å². The van der Waals surface area contributed by atoms with E-state index in [2.05, 4.69) is 15.1 Å². The van der Waals surface area contributed by atoms with E-state index in [0.717, 1.165) is 24.8 Å². The zero-order valence-corrected chi connectivity index (χ0v) is 16.6. The third-order valence-corrected chi connectivity index (χ3v) is 6.39. The van der Waals surface area contributed by atoms with E-state index >= 15 is 0 Å². The lowest BCUT2D eigenvalue weighted by Crippen LogP contribution is -2.36. The van der Waals surface area contributed by atoms with Crippen molar-refractivity contribution in [2.45, 2.75) is 4.90 Å². The number of hydrogen-bond acceptors (Lipinski definition) is 6. The van der Waals surface area contributed by atoms with Crippen molar-refractivity contribution in [1.82, 2.24) is 14.9 Å². The van der Waals surface area contributed by atoms with Gasteiger partial charge in [-0.3, -0.25) is 9.89 Å². The second-order valence-corrected chi connectivity index (χ2v) is 8.41. The van der Waals surface area contributed by atoms with Crippen LogP contribution in [0.25, 0.3) is 10.9 Å². The highest BCUT2D eigenvalue weighted by atomic mass is 35.5. The summed E-state index contributed by atoms with van der Waals surface area (Å²) in [5.41, 5.74) is 1.38. The fraction of sp³-hybridized carbons (Fsp3) is 0.222. The summed E-state index contributed by atoms with van der Waals surface area (Å²) in [6, 6.07) is 8.77. The topological polar surface area (TPSA) is 104 Å². The van der Waals surface area contributed by atoms with Gasteiger partial charge in [-0.2, -0.15) is 5.10 Å². The van der Waals surface area contributed by atoms with Crippen molar-refractivity contribution in [3.05, 3.63) is 52.9 Å². The Morgan fingerprint density at radius 2 is 2.00 bits per heavy atom. The molecular formula is C18H16ClFN4O4S. The van der Waals surface area contributed by atoms with Gasteiger partial charge in [0, 0.05) is 24.2 Å². The summed E-state index contributed by atoms with van der Waals surface area (Å²) < 4.78 is 46.1. The van der Waals surface area contributed by atoms with Crippen molar-refractivity contribution in [2.75, 3.05) is 31.2 Å². The van der Waals surface area contributed by atoms with Crippen LogP contribution in [0, 0.1) is 5.82 Å². The van der Waals surface area contributed by atoms with Crippen LogP contribution in [0.1, 0.15) is 10.5 Å². The third kappa shape index (κ3) is 3.78. The van der Waals surface area contributed by atoms with E-state index in [0.29, 0.717) is 24.1 Å². The molecule has 11 heteroatoms. The summed E-state index contributed by atoms with van der Waals surface area (Å²) in [6.45, 7) is 2.75. The van der Waals surface area contributed by atoms with Gasteiger partial charge in [0.2, 0.25) is 0 Å². The SMILES string of the molecule is O=C(NS(=O)(=O)c1c(F)cccc1Cl)c1n[nH]c2cc(N3CCOCC3)ccc12. The number of morpholine rings is 1. The van der Waals surface area contributed by atoms with E-state index < -0.39 is 26.6 Å². The lowest BCUT2D eigenvalue weighted by atomic mass is 10.1. The van der Waals surface area contributed by atoms with Gasteiger partial charge in [0.05, 0.1) is 23.8 Å². The highest BCUT2D eigenvalue weighted by Gasteiger charge is 2.27. The van der Waals surface area contributed by atoms with E-state index in [1.807, 2.05) is 16.9 Å². The quantitative estimate of drug-likeness (QED) is 0.647. The Hall–Kier alpha value is -2.69. The second kappa shape index (κ2) is 7.62. The maximum absolute atomic E-state index is 14.0. The maximum atomic E-state index is 14.0. The standard InChI is InChI=1S/C18H16ClFN4O4S/c19-13-2-1-3-14(20)17(13)29(26,27)23-18(25)16-12-5-4-11(10-15(12)21-22-16)24-6-8-28-9-7-24/h1-5,10H,6-9H2,(H,21,22)(H,23,25). The predicted octanol–water partition coefficient (Wildman–Crippen LogP) is 2.31. The molecule has 152 valence electrons. The van der Waals surface area contributed by atoms with Gasteiger partial charge in [0.25, 0.3) is 15.9 Å². The fourth-order valence-corrected chi connectivity index (χ4v) is 4.72. The summed E-state index contributed by atoms with van der Waals surface area (Å²) >= 11 is 5.80. The number of amides is 1. The number of aromatic amines is 1. The molecule has 2 aromatic carbocycles. The molecule has 0 spiro atoms. The van der Waals surface area contributed by atoms with Crippen LogP contribution in [0.3, 0.4) is 0 Å². The summed E-state index contributed by atoms with van der Waals surface area (Å²) in [7, 11) is -4.52. The van der Waals surface area contributed by atoms with Crippen LogP contribution in [0.5, 0.6) is 0 Å². The lowest BCUT2D eigenvalue weighted by Gasteiger charge is -2.28. The maximum Gasteiger partial charge on any atom is 0.286 e. The van der Waals surface area contributed by atoms with E-state index in [-0.39, 0.29) is 10.7 Å². The first-order valence-corrected chi connectivity index (χ1v) is 10.5. The van der Waals surface area contributed by atoms with Crippen molar-refractivity contribution in [2.24, 2.45) is 0 Å².